The molecule has 20 heavy (non-hydrogen) atoms. The van der Waals surface area contributed by atoms with E-state index in [1.54, 1.807) is 0 Å². The van der Waals surface area contributed by atoms with Gasteiger partial charge in [-0.2, -0.15) is 0 Å². The zero-order valence-corrected chi connectivity index (χ0v) is 11.6. The van der Waals surface area contributed by atoms with Gasteiger partial charge in [0.1, 0.15) is 11.6 Å². The number of ketones is 1. The van der Waals surface area contributed by atoms with Crippen LogP contribution in [0.3, 0.4) is 0 Å². The normalized spacial score (nSPS) is 10.6. The number of rotatable bonds is 3. The number of nitrogens with two attached hydrogens (primary N) is 1. The van der Waals surface area contributed by atoms with Crippen LogP contribution in [0.1, 0.15) is 15.9 Å². The predicted octanol–water partition coefficient (Wildman–Crippen LogP) is 4.28. The smallest absolute Gasteiger partial charge is 0.167 e. The van der Waals surface area contributed by atoms with Crippen molar-refractivity contribution in [1.29, 1.82) is 0 Å². The minimum Gasteiger partial charge on any atom is -0.396 e. The van der Waals surface area contributed by atoms with Crippen LogP contribution >= 0.6 is 23.2 Å². The second kappa shape index (κ2) is 5.77. The molecule has 104 valence electrons. The number of carbonyl (C=O) groups excluding carboxylic acids is 1. The van der Waals surface area contributed by atoms with Gasteiger partial charge in [0.2, 0.25) is 0 Å². The molecule has 6 heteroatoms. The fourth-order valence-corrected chi connectivity index (χ4v) is 2.20. The minimum atomic E-state index is -0.772. The maximum atomic E-state index is 13.5. The van der Waals surface area contributed by atoms with Crippen LogP contribution in [-0.4, -0.2) is 5.78 Å². The minimum absolute atomic E-state index is 0.120. The zero-order valence-electron chi connectivity index (χ0n) is 10.1. The summed E-state index contributed by atoms with van der Waals surface area (Å²) >= 11 is 11.6. The van der Waals surface area contributed by atoms with Crippen molar-refractivity contribution in [3.63, 3.8) is 0 Å². The quantitative estimate of drug-likeness (QED) is 0.678. The Labute approximate surface area is 124 Å². The molecule has 0 saturated carbocycles. The molecular weight excluding hydrogens is 307 g/mol. The van der Waals surface area contributed by atoms with Crippen LogP contribution in [0, 0.1) is 11.6 Å². The van der Waals surface area contributed by atoms with Gasteiger partial charge in [-0.3, -0.25) is 4.79 Å². The summed E-state index contributed by atoms with van der Waals surface area (Å²) in [5, 5.41) is 0.240. The van der Waals surface area contributed by atoms with E-state index in [1.165, 1.54) is 18.2 Å². The Kier molecular flexibility index (Phi) is 4.26. The number of nitrogen functional groups attached to an aromatic ring is 1. The Morgan fingerprint density at radius 3 is 2.10 bits per heavy atom. The lowest BCUT2D eigenvalue weighted by Crippen LogP contribution is -2.08. The van der Waals surface area contributed by atoms with E-state index in [1.807, 2.05) is 0 Å². The van der Waals surface area contributed by atoms with Crippen LogP contribution in [-0.2, 0) is 6.42 Å². The molecule has 0 aliphatic carbocycles. The van der Waals surface area contributed by atoms with E-state index in [0.29, 0.717) is 0 Å². The molecule has 0 spiro atoms. The molecule has 2 N–H and O–H groups in total. The first-order chi connectivity index (χ1) is 9.40. The fraction of sp³-hybridized carbons (Fsp3) is 0.0714. The number of halogens is 4. The number of benzene rings is 2. The molecular formula is C14H9Cl2F2NO. The molecule has 0 radical (unpaired) electrons. The summed E-state index contributed by atoms with van der Waals surface area (Å²) in [5.74, 6) is -2.05. The van der Waals surface area contributed by atoms with Crippen LogP contribution in [0.2, 0.25) is 10.0 Å². The highest BCUT2D eigenvalue weighted by Gasteiger charge is 2.16. The molecule has 2 aromatic rings. The first-order valence-corrected chi connectivity index (χ1v) is 6.36. The molecule has 0 unspecified atom stereocenters. The van der Waals surface area contributed by atoms with E-state index < -0.39 is 23.8 Å². The SMILES string of the molecule is Nc1c(Cl)cc(C(=O)Cc2c(F)cccc2F)cc1Cl. The van der Waals surface area contributed by atoms with Crippen molar-refractivity contribution in [3.05, 3.63) is 63.1 Å². The monoisotopic (exact) mass is 315 g/mol. The summed E-state index contributed by atoms with van der Waals surface area (Å²) in [6.45, 7) is 0. The lowest BCUT2D eigenvalue weighted by Gasteiger charge is -2.07. The standard InChI is InChI=1S/C14H9Cl2F2NO/c15-9-4-7(5-10(16)14(9)19)13(20)6-8-11(17)2-1-3-12(8)18/h1-5H,6,19H2. The van der Waals surface area contributed by atoms with Crippen molar-refractivity contribution >= 4 is 34.7 Å². The van der Waals surface area contributed by atoms with Crippen LogP contribution < -0.4 is 5.73 Å². The second-order valence-corrected chi connectivity index (χ2v) is 4.97. The number of hydrogen-bond acceptors (Lipinski definition) is 2. The van der Waals surface area contributed by atoms with Crippen molar-refractivity contribution in [2.45, 2.75) is 6.42 Å². The highest BCUT2D eigenvalue weighted by atomic mass is 35.5. The second-order valence-electron chi connectivity index (χ2n) is 4.15. The van der Waals surface area contributed by atoms with Gasteiger partial charge in [0.15, 0.2) is 5.78 Å². The highest BCUT2D eigenvalue weighted by Crippen LogP contribution is 2.29. The van der Waals surface area contributed by atoms with Crippen LogP contribution in [0.25, 0.3) is 0 Å². The third kappa shape index (κ3) is 2.92. The molecule has 0 fully saturated rings. The van der Waals surface area contributed by atoms with Crippen molar-refractivity contribution < 1.29 is 13.6 Å². The van der Waals surface area contributed by atoms with Crippen LogP contribution in [0.4, 0.5) is 14.5 Å². The van der Waals surface area contributed by atoms with E-state index in [2.05, 4.69) is 0 Å². The maximum Gasteiger partial charge on any atom is 0.167 e. The molecule has 0 bridgehead atoms. The Hall–Kier alpha value is -1.65. The molecule has 2 aromatic carbocycles. The molecule has 0 aliphatic heterocycles. The number of anilines is 1. The summed E-state index contributed by atoms with van der Waals surface area (Å²) < 4.78 is 27.0. The molecule has 0 aliphatic rings. The molecule has 2 rings (SSSR count). The summed E-state index contributed by atoms with van der Waals surface area (Å²) in [6.07, 6.45) is -0.422. The molecule has 0 heterocycles. The zero-order chi connectivity index (χ0) is 14.9. The van der Waals surface area contributed by atoms with Crippen molar-refractivity contribution in [2.24, 2.45) is 0 Å². The first kappa shape index (κ1) is 14.8. The average molecular weight is 316 g/mol. The van der Waals surface area contributed by atoms with Gasteiger partial charge in [0.25, 0.3) is 0 Å². The summed E-state index contributed by atoms with van der Waals surface area (Å²) in [4.78, 5) is 12.0. The number of hydrogen-bond donors (Lipinski definition) is 1. The van der Waals surface area contributed by atoms with Gasteiger partial charge in [0, 0.05) is 17.5 Å². The van der Waals surface area contributed by atoms with E-state index in [-0.39, 0.29) is 26.9 Å². The van der Waals surface area contributed by atoms with Crippen LogP contribution in [0.5, 0.6) is 0 Å². The van der Waals surface area contributed by atoms with Crippen molar-refractivity contribution in [1.82, 2.24) is 0 Å². The molecule has 0 amide bonds. The van der Waals surface area contributed by atoms with Gasteiger partial charge in [-0.05, 0) is 24.3 Å². The number of Topliss-reactive ketones (excluding diaryl/α,β-unsaturated/α-hetero) is 1. The van der Waals surface area contributed by atoms with E-state index in [4.69, 9.17) is 28.9 Å². The van der Waals surface area contributed by atoms with E-state index in [0.717, 1.165) is 12.1 Å². The third-order valence-electron chi connectivity index (χ3n) is 2.80. The molecule has 0 saturated heterocycles. The van der Waals surface area contributed by atoms with Gasteiger partial charge >= 0.3 is 0 Å². The highest BCUT2D eigenvalue weighted by molar-refractivity contribution is 6.39. The Morgan fingerprint density at radius 2 is 1.60 bits per heavy atom. The van der Waals surface area contributed by atoms with Gasteiger partial charge in [0.05, 0.1) is 15.7 Å². The lowest BCUT2D eigenvalue weighted by molar-refractivity contribution is 0.0990. The molecule has 0 atom stereocenters. The van der Waals surface area contributed by atoms with Gasteiger partial charge in [-0.25, -0.2) is 8.78 Å². The van der Waals surface area contributed by atoms with Crippen LogP contribution in [0.15, 0.2) is 30.3 Å². The Morgan fingerprint density at radius 1 is 1.10 bits per heavy atom. The summed E-state index contributed by atoms with van der Waals surface area (Å²) in [7, 11) is 0. The van der Waals surface area contributed by atoms with E-state index in [9.17, 15) is 13.6 Å². The van der Waals surface area contributed by atoms with Gasteiger partial charge < -0.3 is 5.73 Å². The lowest BCUT2D eigenvalue weighted by atomic mass is 10.0. The average Bonchev–Trinajstić information content (AvgIpc) is 2.39. The predicted molar refractivity (Wildman–Crippen MR) is 75.3 cm³/mol. The van der Waals surface area contributed by atoms with Gasteiger partial charge in [-0.15, -0.1) is 0 Å². The largest absolute Gasteiger partial charge is 0.396 e. The fourth-order valence-electron chi connectivity index (χ4n) is 1.71. The van der Waals surface area contributed by atoms with Crippen molar-refractivity contribution in [3.8, 4) is 0 Å². The number of carbonyl (C=O) groups is 1. The first-order valence-electron chi connectivity index (χ1n) is 5.60. The van der Waals surface area contributed by atoms with Gasteiger partial charge in [-0.1, -0.05) is 29.3 Å². The summed E-state index contributed by atoms with van der Waals surface area (Å²) in [6, 6.07) is 6.06. The Bertz CT molecular complexity index is 646. The van der Waals surface area contributed by atoms with Crippen molar-refractivity contribution in [2.75, 3.05) is 5.73 Å². The molecule has 2 nitrogen and oxygen atoms in total. The van der Waals surface area contributed by atoms with E-state index >= 15 is 0 Å². The maximum absolute atomic E-state index is 13.5. The third-order valence-corrected chi connectivity index (χ3v) is 3.43. The molecule has 0 aromatic heterocycles. The Balaban J connectivity index is 2.34. The topological polar surface area (TPSA) is 43.1 Å². The summed E-state index contributed by atoms with van der Waals surface area (Å²) in [5.41, 5.74) is 5.57.